The third kappa shape index (κ3) is 3.62. The van der Waals surface area contributed by atoms with Crippen molar-refractivity contribution in [1.82, 2.24) is 14.9 Å². The van der Waals surface area contributed by atoms with E-state index in [1.165, 1.54) is 35.0 Å². The molecule has 1 unspecified atom stereocenters. The molecule has 0 bridgehead atoms. The Morgan fingerprint density at radius 2 is 2.12 bits per heavy atom. The van der Waals surface area contributed by atoms with Gasteiger partial charge in [-0.05, 0) is 44.6 Å². The second kappa shape index (κ2) is 7.91. The van der Waals surface area contributed by atoms with Crippen molar-refractivity contribution in [3.05, 3.63) is 20.8 Å². The standard InChI is InChI=1S/C18H25N3O2S2/c1-4-11(2)21-17(23)15-12-8-6-5-7-9-13(12)25-16(15)20-18(21)24-10-14(22)19-3/h11H,4-10H2,1-3H3,(H,19,22). The molecule has 7 heteroatoms. The fraction of sp³-hybridized carbons (Fsp3) is 0.611. The largest absolute Gasteiger partial charge is 0.358 e. The molecule has 0 spiro atoms. The molecule has 0 aromatic carbocycles. The van der Waals surface area contributed by atoms with Crippen molar-refractivity contribution in [2.75, 3.05) is 12.8 Å². The number of thioether (sulfide) groups is 1. The first kappa shape index (κ1) is 18.5. The summed E-state index contributed by atoms with van der Waals surface area (Å²) in [6, 6.07) is 0.0675. The van der Waals surface area contributed by atoms with Gasteiger partial charge in [-0.25, -0.2) is 4.98 Å². The molecule has 1 atom stereocenters. The lowest BCUT2D eigenvalue weighted by Gasteiger charge is -2.17. The van der Waals surface area contributed by atoms with Crippen molar-refractivity contribution in [2.45, 2.75) is 63.6 Å². The van der Waals surface area contributed by atoms with Crippen molar-refractivity contribution < 1.29 is 4.79 Å². The summed E-state index contributed by atoms with van der Waals surface area (Å²) in [5, 5.41) is 4.11. The van der Waals surface area contributed by atoms with Gasteiger partial charge in [0, 0.05) is 18.0 Å². The number of aromatic nitrogens is 2. The number of aryl methyl sites for hydroxylation is 2. The van der Waals surface area contributed by atoms with Gasteiger partial charge in [0.2, 0.25) is 5.91 Å². The molecule has 1 amide bonds. The van der Waals surface area contributed by atoms with E-state index in [1.54, 1.807) is 23.0 Å². The van der Waals surface area contributed by atoms with Crippen LogP contribution in [-0.2, 0) is 17.6 Å². The van der Waals surface area contributed by atoms with Gasteiger partial charge in [0.1, 0.15) is 4.83 Å². The van der Waals surface area contributed by atoms with Gasteiger partial charge in [0.05, 0.1) is 11.1 Å². The summed E-state index contributed by atoms with van der Waals surface area (Å²) in [6.45, 7) is 4.12. The summed E-state index contributed by atoms with van der Waals surface area (Å²) in [5.41, 5.74) is 1.30. The fourth-order valence-electron chi connectivity index (χ4n) is 3.25. The van der Waals surface area contributed by atoms with Crippen LogP contribution >= 0.6 is 23.1 Å². The van der Waals surface area contributed by atoms with Crippen LogP contribution < -0.4 is 10.9 Å². The van der Waals surface area contributed by atoms with Crippen LogP contribution in [-0.4, -0.2) is 28.3 Å². The van der Waals surface area contributed by atoms with Gasteiger partial charge >= 0.3 is 0 Å². The summed E-state index contributed by atoms with van der Waals surface area (Å²) >= 11 is 3.02. The van der Waals surface area contributed by atoms with Gasteiger partial charge < -0.3 is 5.32 Å². The molecule has 0 saturated carbocycles. The highest BCUT2D eigenvalue weighted by Crippen LogP contribution is 2.34. The van der Waals surface area contributed by atoms with E-state index in [0.29, 0.717) is 5.16 Å². The zero-order valence-electron chi connectivity index (χ0n) is 15.1. The lowest BCUT2D eigenvalue weighted by molar-refractivity contribution is -0.118. The monoisotopic (exact) mass is 379 g/mol. The Morgan fingerprint density at radius 3 is 2.84 bits per heavy atom. The summed E-state index contributed by atoms with van der Waals surface area (Å²) < 4.78 is 1.80. The maximum atomic E-state index is 13.3. The second-order valence-electron chi connectivity index (χ2n) is 6.53. The highest BCUT2D eigenvalue weighted by molar-refractivity contribution is 7.99. The van der Waals surface area contributed by atoms with Crippen LogP contribution in [0.1, 0.15) is 56.0 Å². The van der Waals surface area contributed by atoms with Crippen molar-refractivity contribution in [3.63, 3.8) is 0 Å². The van der Waals surface area contributed by atoms with Gasteiger partial charge in [0.25, 0.3) is 5.56 Å². The number of nitrogens with zero attached hydrogens (tertiary/aromatic N) is 2. The highest BCUT2D eigenvalue weighted by atomic mass is 32.2. The molecule has 136 valence electrons. The van der Waals surface area contributed by atoms with Gasteiger partial charge in [0.15, 0.2) is 5.16 Å². The number of nitrogens with one attached hydrogen (secondary N) is 1. The van der Waals surface area contributed by atoms with E-state index in [-0.39, 0.29) is 23.3 Å². The first-order valence-electron chi connectivity index (χ1n) is 8.97. The highest BCUT2D eigenvalue weighted by Gasteiger charge is 2.23. The lowest BCUT2D eigenvalue weighted by Crippen LogP contribution is -2.27. The molecule has 2 heterocycles. The van der Waals surface area contributed by atoms with E-state index in [9.17, 15) is 9.59 Å². The van der Waals surface area contributed by atoms with Crippen LogP contribution in [0.4, 0.5) is 0 Å². The molecule has 0 radical (unpaired) electrons. The lowest BCUT2D eigenvalue weighted by atomic mass is 10.1. The SMILES string of the molecule is CCC(C)n1c(SCC(=O)NC)nc2sc3c(c2c1=O)CCCCC3. The van der Waals surface area contributed by atoms with E-state index < -0.39 is 0 Å². The normalized spacial score (nSPS) is 15.6. The molecule has 1 N–H and O–H groups in total. The Morgan fingerprint density at radius 1 is 1.36 bits per heavy atom. The molecular formula is C18H25N3O2S2. The van der Waals surface area contributed by atoms with Crippen molar-refractivity contribution in [3.8, 4) is 0 Å². The Balaban J connectivity index is 2.15. The third-order valence-electron chi connectivity index (χ3n) is 4.88. The molecular weight excluding hydrogens is 354 g/mol. The van der Waals surface area contributed by atoms with Crippen molar-refractivity contribution in [1.29, 1.82) is 0 Å². The molecule has 1 aliphatic rings. The van der Waals surface area contributed by atoms with Crippen LogP contribution in [0.15, 0.2) is 9.95 Å². The number of hydrogen-bond donors (Lipinski definition) is 1. The maximum Gasteiger partial charge on any atom is 0.263 e. The number of amides is 1. The van der Waals surface area contributed by atoms with Crippen LogP contribution in [0, 0.1) is 0 Å². The first-order valence-corrected chi connectivity index (χ1v) is 10.8. The fourth-order valence-corrected chi connectivity index (χ4v) is 5.52. The average Bonchev–Trinajstić information content (AvgIpc) is 2.80. The minimum Gasteiger partial charge on any atom is -0.358 e. The van der Waals surface area contributed by atoms with Crippen molar-refractivity contribution >= 4 is 39.2 Å². The average molecular weight is 380 g/mol. The molecule has 25 heavy (non-hydrogen) atoms. The molecule has 2 aromatic rings. The van der Waals surface area contributed by atoms with E-state index in [1.807, 2.05) is 6.92 Å². The van der Waals surface area contributed by atoms with Crippen molar-refractivity contribution in [2.24, 2.45) is 0 Å². The Bertz CT molecular complexity index is 841. The van der Waals surface area contributed by atoms with E-state index in [2.05, 4.69) is 12.2 Å². The maximum absolute atomic E-state index is 13.3. The molecule has 1 aliphatic carbocycles. The predicted molar refractivity (Wildman–Crippen MR) is 105 cm³/mol. The van der Waals surface area contributed by atoms with Gasteiger partial charge in [-0.3, -0.25) is 14.2 Å². The van der Waals surface area contributed by atoms with E-state index in [0.717, 1.165) is 35.9 Å². The molecule has 2 aromatic heterocycles. The zero-order chi connectivity index (χ0) is 18.0. The Labute approximate surface area is 156 Å². The van der Waals surface area contributed by atoms with Crippen LogP contribution in [0.25, 0.3) is 10.2 Å². The number of fused-ring (bicyclic) bond motifs is 3. The molecule has 5 nitrogen and oxygen atoms in total. The summed E-state index contributed by atoms with van der Waals surface area (Å²) in [7, 11) is 1.62. The minimum atomic E-state index is -0.0583. The number of thiophene rings is 1. The number of hydrogen-bond acceptors (Lipinski definition) is 5. The molecule has 0 aliphatic heterocycles. The Kier molecular flexibility index (Phi) is 5.84. The number of carbonyl (C=O) groups excluding carboxylic acids is 1. The van der Waals surface area contributed by atoms with Crippen LogP contribution in [0.3, 0.4) is 0 Å². The number of rotatable bonds is 5. The van der Waals surface area contributed by atoms with E-state index >= 15 is 0 Å². The van der Waals surface area contributed by atoms with E-state index in [4.69, 9.17) is 4.98 Å². The minimum absolute atomic E-state index is 0.0583. The van der Waals surface area contributed by atoms with Crippen LogP contribution in [0.2, 0.25) is 0 Å². The van der Waals surface area contributed by atoms with Gasteiger partial charge in [-0.15, -0.1) is 11.3 Å². The molecule has 3 rings (SSSR count). The first-order chi connectivity index (χ1) is 12.1. The third-order valence-corrected chi connectivity index (χ3v) is 7.02. The molecule has 0 saturated heterocycles. The topological polar surface area (TPSA) is 64.0 Å². The smallest absolute Gasteiger partial charge is 0.263 e. The quantitative estimate of drug-likeness (QED) is 0.490. The summed E-state index contributed by atoms with van der Waals surface area (Å²) in [6.07, 6.45) is 6.46. The predicted octanol–water partition coefficient (Wildman–Crippen LogP) is 3.54. The molecule has 0 fully saturated rings. The van der Waals surface area contributed by atoms with Gasteiger partial charge in [-0.2, -0.15) is 0 Å². The second-order valence-corrected chi connectivity index (χ2v) is 8.56. The summed E-state index contributed by atoms with van der Waals surface area (Å²) in [4.78, 5) is 32.0. The van der Waals surface area contributed by atoms with Crippen LogP contribution in [0.5, 0.6) is 0 Å². The Hall–Kier alpha value is -1.34. The van der Waals surface area contributed by atoms with Gasteiger partial charge in [-0.1, -0.05) is 25.1 Å². The number of carbonyl (C=O) groups is 1. The zero-order valence-corrected chi connectivity index (χ0v) is 16.7. The summed E-state index contributed by atoms with van der Waals surface area (Å²) in [5.74, 6) is 0.215.